The van der Waals surface area contributed by atoms with Crippen LogP contribution in [0, 0.1) is 0 Å². The molecule has 0 spiro atoms. The number of hydrogen-bond acceptors (Lipinski definition) is 2. The summed E-state index contributed by atoms with van der Waals surface area (Å²) >= 11 is 0. The van der Waals surface area contributed by atoms with Crippen molar-refractivity contribution < 1.29 is 9.90 Å². The van der Waals surface area contributed by atoms with Crippen LogP contribution < -0.4 is 5.73 Å². The Morgan fingerprint density at radius 3 is 2.12 bits per heavy atom. The minimum atomic E-state index is -0.992. The van der Waals surface area contributed by atoms with Gasteiger partial charge in [-0.2, -0.15) is 0 Å². The predicted molar refractivity (Wildman–Crippen MR) is 76.0 cm³/mol. The lowest BCUT2D eigenvalue weighted by Crippen LogP contribution is -2.30. The number of allylic oxidation sites excluding steroid dienone is 4. The number of carboxylic acids is 1. The van der Waals surface area contributed by atoms with Gasteiger partial charge in [0.2, 0.25) is 0 Å². The molecule has 100 valence electrons. The maximum absolute atomic E-state index is 10.4. The van der Waals surface area contributed by atoms with Gasteiger partial charge in [-0.1, -0.05) is 58.6 Å². The average Bonchev–Trinajstić information content (AvgIpc) is 2.38. The van der Waals surface area contributed by atoms with Crippen molar-refractivity contribution in [1.82, 2.24) is 0 Å². The molecule has 0 aromatic carbocycles. The average molecular weight is 241 g/mol. The van der Waals surface area contributed by atoms with Gasteiger partial charge in [0.25, 0.3) is 0 Å². The van der Waals surface area contributed by atoms with E-state index in [4.69, 9.17) is 10.8 Å². The number of carbonyl (C=O) groups is 1. The summed E-state index contributed by atoms with van der Waals surface area (Å²) in [6, 6.07) is -0.852. The zero-order valence-corrected chi connectivity index (χ0v) is 11.7. The Bertz CT molecular complexity index is 243. The van der Waals surface area contributed by atoms with E-state index in [1.165, 1.54) is 0 Å². The van der Waals surface area contributed by atoms with Crippen LogP contribution in [0.5, 0.6) is 0 Å². The number of aliphatic carboxylic acids is 1. The normalized spacial score (nSPS) is 11.8. The van der Waals surface area contributed by atoms with E-state index in [2.05, 4.69) is 6.58 Å². The molecule has 0 rings (SSSR count). The maximum atomic E-state index is 10.4. The first-order valence-electron chi connectivity index (χ1n) is 6.04. The molecule has 0 bridgehead atoms. The van der Waals surface area contributed by atoms with Crippen molar-refractivity contribution in [2.24, 2.45) is 5.73 Å². The van der Waals surface area contributed by atoms with Crippen LogP contribution in [0.4, 0.5) is 0 Å². The topological polar surface area (TPSA) is 63.3 Å². The minimum absolute atomic E-state index is 0.309. The van der Waals surface area contributed by atoms with E-state index in [0.717, 1.165) is 5.57 Å². The fourth-order valence-corrected chi connectivity index (χ4v) is 0.780. The molecule has 0 saturated carbocycles. The highest BCUT2D eigenvalue weighted by molar-refractivity contribution is 5.73. The fraction of sp³-hybridized carbons (Fsp3) is 0.500. The third-order valence-electron chi connectivity index (χ3n) is 1.54. The van der Waals surface area contributed by atoms with Crippen molar-refractivity contribution in [2.75, 3.05) is 0 Å². The summed E-state index contributed by atoms with van der Waals surface area (Å²) in [6.07, 6.45) is 7.41. The van der Waals surface area contributed by atoms with Crippen molar-refractivity contribution in [2.45, 2.75) is 47.1 Å². The van der Waals surface area contributed by atoms with E-state index in [-0.39, 0.29) is 0 Å². The van der Waals surface area contributed by atoms with Crippen LogP contribution in [0.2, 0.25) is 0 Å². The Hall–Kier alpha value is -1.35. The molecule has 0 saturated heterocycles. The van der Waals surface area contributed by atoms with Crippen molar-refractivity contribution in [1.29, 1.82) is 0 Å². The lowest BCUT2D eigenvalue weighted by Gasteiger charge is -2.05. The Morgan fingerprint density at radius 1 is 1.35 bits per heavy atom. The van der Waals surface area contributed by atoms with Crippen molar-refractivity contribution in [3.05, 3.63) is 36.5 Å². The molecule has 0 heterocycles. The van der Waals surface area contributed by atoms with Gasteiger partial charge in [0, 0.05) is 0 Å². The Labute approximate surface area is 106 Å². The second-order valence-electron chi connectivity index (χ2n) is 2.62. The molecule has 1 unspecified atom stereocenters. The number of hydrogen-bond donors (Lipinski definition) is 2. The van der Waals surface area contributed by atoms with Crippen LogP contribution in [0.3, 0.4) is 0 Å². The highest BCUT2D eigenvalue weighted by Crippen LogP contribution is 2.05. The maximum Gasteiger partial charge on any atom is 0.320 e. The molecule has 0 aromatic heterocycles. The van der Waals surface area contributed by atoms with Gasteiger partial charge < -0.3 is 10.8 Å². The second-order valence-corrected chi connectivity index (χ2v) is 2.62. The Kier molecular flexibility index (Phi) is 21.1. The molecule has 0 amide bonds. The molecule has 0 radical (unpaired) electrons. The Balaban J connectivity index is -0.000000439. The Morgan fingerprint density at radius 2 is 1.82 bits per heavy atom. The van der Waals surface area contributed by atoms with Crippen LogP contribution in [-0.2, 0) is 4.79 Å². The zero-order chi connectivity index (χ0) is 14.3. The molecule has 3 N–H and O–H groups in total. The molecule has 17 heavy (non-hydrogen) atoms. The monoisotopic (exact) mass is 241 g/mol. The summed E-state index contributed by atoms with van der Waals surface area (Å²) in [6.45, 7) is 13.5. The van der Waals surface area contributed by atoms with Gasteiger partial charge in [-0.15, -0.1) is 0 Å². The third-order valence-corrected chi connectivity index (χ3v) is 1.54. The SMILES string of the molecule is C=C/C(=C\C=C/C)CC(N)C(=O)O.CC.CC. The summed E-state index contributed by atoms with van der Waals surface area (Å²) in [5, 5.41) is 8.55. The molecular formula is C14H27NO2. The standard InChI is InChI=1S/C10H15NO2.2C2H6/c1-3-5-6-8(4-2)7-9(11)10(12)13;2*1-2/h3-6,9H,2,7,11H2,1H3,(H,12,13);2*1-2H3/b5-3-,8-6+;;. The summed E-state index contributed by atoms with van der Waals surface area (Å²) < 4.78 is 0. The quantitative estimate of drug-likeness (QED) is 0.724. The first-order valence-corrected chi connectivity index (χ1v) is 6.04. The van der Waals surface area contributed by atoms with Crippen LogP contribution in [-0.4, -0.2) is 17.1 Å². The van der Waals surface area contributed by atoms with Gasteiger partial charge in [-0.25, -0.2) is 0 Å². The van der Waals surface area contributed by atoms with Crippen molar-refractivity contribution >= 4 is 5.97 Å². The molecule has 1 atom stereocenters. The van der Waals surface area contributed by atoms with E-state index >= 15 is 0 Å². The second kappa shape index (κ2) is 17.1. The number of rotatable bonds is 5. The van der Waals surface area contributed by atoms with Gasteiger partial charge in [0.1, 0.15) is 6.04 Å². The van der Waals surface area contributed by atoms with Gasteiger partial charge in [0.15, 0.2) is 0 Å². The highest BCUT2D eigenvalue weighted by atomic mass is 16.4. The van der Waals surface area contributed by atoms with Crippen LogP contribution in [0.15, 0.2) is 36.5 Å². The molecular weight excluding hydrogens is 214 g/mol. The number of nitrogens with two attached hydrogens (primary N) is 1. The van der Waals surface area contributed by atoms with Crippen LogP contribution in [0.1, 0.15) is 41.0 Å². The van der Waals surface area contributed by atoms with Gasteiger partial charge in [-0.3, -0.25) is 4.79 Å². The van der Waals surface area contributed by atoms with Gasteiger partial charge in [-0.05, 0) is 18.9 Å². The predicted octanol–water partition coefficient (Wildman–Crippen LogP) is 3.53. The van der Waals surface area contributed by atoms with E-state index in [1.807, 2.05) is 46.8 Å². The van der Waals surface area contributed by atoms with E-state index in [9.17, 15) is 4.79 Å². The zero-order valence-electron chi connectivity index (χ0n) is 11.7. The molecule has 3 heteroatoms. The summed E-state index contributed by atoms with van der Waals surface area (Å²) in [5.41, 5.74) is 6.18. The summed E-state index contributed by atoms with van der Waals surface area (Å²) in [4.78, 5) is 10.4. The van der Waals surface area contributed by atoms with Crippen LogP contribution >= 0.6 is 0 Å². The van der Waals surface area contributed by atoms with Crippen LogP contribution in [0.25, 0.3) is 0 Å². The molecule has 0 aliphatic carbocycles. The lowest BCUT2D eigenvalue weighted by molar-refractivity contribution is -0.138. The molecule has 0 aliphatic rings. The first-order chi connectivity index (χ1) is 8.11. The third kappa shape index (κ3) is 14.7. The molecule has 3 nitrogen and oxygen atoms in total. The largest absolute Gasteiger partial charge is 0.480 e. The molecule has 0 fully saturated rings. The molecule has 0 aliphatic heterocycles. The highest BCUT2D eigenvalue weighted by Gasteiger charge is 2.11. The fourth-order valence-electron chi connectivity index (χ4n) is 0.780. The van der Waals surface area contributed by atoms with E-state index in [0.29, 0.717) is 6.42 Å². The minimum Gasteiger partial charge on any atom is -0.480 e. The van der Waals surface area contributed by atoms with Crippen molar-refractivity contribution in [3.8, 4) is 0 Å². The summed E-state index contributed by atoms with van der Waals surface area (Å²) in [5.74, 6) is -0.992. The van der Waals surface area contributed by atoms with E-state index < -0.39 is 12.0 Å². The lowest BCUT2D eigenvalue weighted by atomic mass is 10.1. The first kappa shape index (κ1) is 21.0. The molecule has 0 aromatic rings. The smallest absolute Gasteiger partial charge is 0.320 e. The number of carboxylic acid groups (broad SMARTS) is 1. The van der Waals surface area contributed by atoms with Crippen molar-refractivity contribution in [3.63, 3.8) is 0 Å². The van der Waals surface area contributed by atoms with Gasteiger partial charge >= 0.3 is 5.97 Å². The van der Waals surface area contributed by atoms with Gasteiger partial charge in [0.05, 0.1) is 0 Å². The summed E-state index contributed by atoms with van der Waals surface area (Å²) in [7, 11) is 0. The van der Waals surface area contributed by atoms with E-state index in [1.54, 1.807) is 12.2 Å².